The van der Waals surface area contributed by atoms with Crippen LogP contribution in [0.15, 0.2) is 24.4 Å². The molecule has 2 aromatic heterocycles. The van der Waals surface area contributed by atoms with Crippen molar-refractivity contribution in [2.45, 2.75) is 6.92 Å². The summed E-state index contributed by atoms with van der Waals surface area (Å²) in [4.78, 5) is 14.5. The van der Waals surface area contributed by atoms with Gasteiger partial charge in [-0.2, -0.15) is 5.10 Å². The summed E-state index contributed by atoms with van der Waals surface area (Å²) in [7, 11) is 1.81. The predicted octanol–water partition coefficient (Wildman–Crippen LogP) is 1.85. The van der Waals surface area contributed by atoms with Crippen molar-refractivity contribution in [2.75, 3.05) is 0 Å². The molecule has 88 valence electrons. The predicted molar refractivity (Wildman–Crippen MR) is 59.8 cm³/mol. The maximum atomic E-state index is 10.4. The summed E-state index contributed by atoms with van der Waals surface area (Å²) < 4.78 is 6.18. The van der Waals surface area contributed by atoms with Gasteiger partial charge in [0, 0.05) is 24.9 Å². The quantitative estimate of drug-likeness (QED) is 0.801. The van der Waals surface area contributed by atoms with Crippen LogP contribution in [0.3, 0.4) is 0 Å². The Morgan fingerprint density at radius 1 is 1.47 bits per heavy atom. The van der Waals surface area contributed by atoms with E-state index in [4.69, 9.17) is 5.11 Å². The molecule has 2 aromatic rings. The maximum Gasteiger partial charge on any atom is 0.512 e. The second-order valence-corrected chi connectivity index (χ2v) is 3.53. The van der Waals surface area contributed by atoms with E-state index in [9.17, 15) is 4.79 Å². The number of carboxylic acid groups (broad SMARTS) is 1. The number of hydrogen-bond donors (Lipinski definition) is 1. The molecule has 0 atom stereocenters. The van der Waals surface area contributed by atoms with E-state index in [-0.39, 0.29) is 5.88 Å². The van der Waals surface area contributed by atoms with E-state index in [1.165, 1.54) is 6.07 Å². The van der Waals surface area contributed by atoms with E-state index < -0.39 is 6.16 Å². The minimum Gasteiger partial charge on any atom is -0.449 e. The van der Waals surface area contributed by atoms with Crippen LogP contribution in [0.2, 0.25) is 0 Å². The van der Waals surface area contributed by atoms with Gasteiger partial charge < -0.3 is 9.84 Å². The number of carbonyl (C=O) groups is 1. The number of pyridine rings is 1. The third kappa shape index (κ3) is 2.41. The highest BCUT2D eigenvalue weighted by atomic mass is 16.7. The van der Waals surface area contributed by atoms with E-state index >= 15 is 0 Å². The summed E-state index contributed by atoms with van der Waals surface area (Å²) in [6.45, 7) is 1.86. The van der Waals surface area contributed by atoms with Crippen LogP contribution in [0.4, 0.5) is 4.79 Å². The van der Waals surface area contributed by atoms with Gasteiger partial charge in [-0.25, -0.2) is 9.78 Å². The summed E-state index contributed by atoms with van der Waals surface area (Å²) in [5, 5.41) is 12.7. The van der Waals surface area contributed by atoms with Gasteiger partial charge >= 0.3 is 6.16 Å². The third-order valence-corrected chi connectivity index (χ3v) is 2.20. The lowest BCUT2D eigenvalue weighted by molar-refractivity contribution is 0.142. The molecule has 2 heterocycles. The second kappa shape index (κ2) is 4.25. The highest BCUT2D eigenvalue weighted by Gasteiger charge is 2.09. The summed E-state index contributed by atoms with van der Waals surface area (Å²) in [6.07, 6.45) is 0.444. The van der Waals surface area contributed by atoms with Crippen LogP contribution in [0.25, 0.3) is 11.3 Å². The smallest absolute Gasteiger partial charge is 0.449 e. The number of hydrogen-bond acceptors (Lipinski definition) is 4. The lowest BCUT2D eigenvalue weighted by Crippen LogP contribution is -2.04. The first kappa shape index (κ1) is 11.1. The van der Waals surface area contributed by atoms with Gasteiger partial charge in [-0.05, 0) is 13.0 Å². The molecule has 2 rings (SSSR count). The van der Waals surface area contributed by atoms with Gasteiger partial charge in [0.05, 0.1) is 11.4 Å². The average molecular weight is 233 g/mol. The van der Waals surface area contributed by atoms with Crippen molar-refractivity contribution in [3.8, 4) is 17.1 Å². The van der Waals surface area contributed by atoms with Gasteiger partial charge in [-0.3, -0.25) is 4.68 Å². The van der Waals surface area contributed by atoms with Crippen LogP contribution in [0.1, 0.15) is 5.69 Å². The Morgan fingerprint density at radius 3 is 2.82 bits per heavy atom. The van der Waals surface area contributed by atoms with E-state index in [1.807, 2.05) is 20.2 Å². The molecule has 0 aliphatic rings. The van der Waals surface area contributed by atoms with Crippen LogP contribution in [0.5, 0.6) is 5.88 Å². The Balaban J connectivity index is 2.39. The summed E-state index contributed by atoms with van der Waals surface area (Å²) in [5.41, 5.74) is 2.31. The highest BCUT2D eigenvalue weighted by molar-refractivity contribution is 5.63. The van der Waals surface area contributed by atoms with Crippen molar-refractivity contribution in [1.82, 2.24) is 14.8 Å². The molecule has 0 amide bonds. The van der Waals surface area contributed by atoms with Crippen molar-refractivity contribution >= 4 is 6.16 Å². The zero-order valence-electron chi connectivity index (χ0n) is 9.41. The van der Waals surface area contributed by atoms with Crippen LogP contribution in [-0.2, 0) is 7.05 Å². The fourth-order valence-corrected chi connectivity index (χ4v) is 1.56. The molecule has 0 saturated carbocycles. The van der Waals surface area contributed by atoms with E-state index in [0.29, 0.717) is 5.69 Å². The summed E-state index contributed by atoms with van der Waals surface area (Å²) >= 11 is 0. The zero-order valence-corrected chi connectivity index (χ0v) is 9.41. The monoisotopic (exact) mass is 233 g/mol. The highest BCUT2D eigenvalue weighted by Crippen LogP contribution is 2.22. The van der Waals surface area contributed by atoms with Gasteiger partial charge in [0.25, 0.3) is 0 Å². The minimum absolute atomic E-state index is 0.0539. The number of aromatic nitrogens is 3. The molecule has 0 saturated heterocycles. The number of ether oxygens (including phenoxy) is 1. The van der Waals surface area contributed by atoms with Crippen LogP contribution < -0.4 is 4.74 Å². The average Bonchev–Trinajstić information content (AvgIpc) is 2.57. The Bertz CT molecular complexity index is 563. The molecule has 0 fully saturated rings. The first-order valence-electron chi connectivity index (χ1n) is 4.94. The molecule has 0 aliphatic carbocycles. The van der Waals surface area contributed by atoms with Crippen molar-refractivity contribution in [2.24, 2.45) is 7.05 Å². The molecular weight excluding hydrogens is 222 g/mol. The first-order valence-corrected chi connectivity index (χ1v) is 4.94. The first-order chi connectivity index (χ1) is 8.06. The van der Waals surface area contributed by atoms with Crippen molar-refractivity contribution in [1.29, 1.82) is 0 Å². The lowest BCUT2D eigenvalue weighted by Gasteiger charge is -2.01. The van der Waals surface area contributed by atoms with Gasteiger partial charge in [0.2, 0.25) is 5.88 Å². The van der Waals surface area contributed by atoms with E-state index in [0.717, 1.165) is 11.3 Å². The minimum atomic E-state index is -1.38. The maximum absolute atomic E-state index is 10.4. The number of aryl methyl sites for hydroxylation is 2. The van der Waals surface area contributed by atoms with Gasteiger partial charge in [0.15, 0.2) is 0 Å². The molecule has 1 N–H and O–H groups in total. The molecule has 0 unspecified atom stereocenters. The molecule has 0 bridgehead atoms. The molecule has 17 heavy (non-hydrogen) atoms. The van der Waals surface area contributed by atoms with Crippen molar-refractivity contribution in [3.05, 3.63) is 30.1 Å². The SMILES string of the molecule is Cc1nn(C)cc1-c1cccc(OC(=O)O)n1. The van der Waals surface area contributed by atoms with Crippen molar-refractivity contribution in [3.63, 3.8) is 0 Å². The lowest BCUT2D eigenvalue weighted by atomic mass is 10.2. The molecule has 0 radical (unpaired) electrons. The van der Waals surface area contributed by atoms with Crippen LogP contribution in [-0.4, -0.2) is 26.0 Å². The second-order valence-electron chi connectivity index (χ2n) is 3.53. The van der Waals surface area contributed by atoms with Gasteiger partial charge in [-0.15, -0.1) is 0 Å². The third-order valence-electron chi connectivity index (χ3n) is 2.20. The van der Waals surface area contributed by atoms with Gasteiger partial charge in [-0.1, -0.05) is 6.07 Å². The Hall–Kier alpha value is -2.37. The standard InChI is InChI=1S/C11H11N3O3/c1-7-8(6-14(2)13-7)9-4-3-5-10(12-9)17-11(15)16/h3-6H,1-2H3,(H,15,16). The molecule has 0 aliphatic heterocycles. The number of nitrogens with zero attached hydrogens (tertiary/aromatic N) is 3. The summed E-state index contributed by atoms with van der Waals surface area (Å²) in [5.74, 6) is 0.0539. The Morgan fingerprint density at radius 2 is 2.24 bits per heavy atom. The molecule has 6 heteroatoms. The normalized spacial score (nSPS) is 10.2. The van der Waals surface area contributed by atoms with Crippen LogP contribution >= 0.6 is 0 Å². The largest absolute Gasteiger partial charge is 0.512 e. The zero-order chi connectivity index (χ0) is 12.4. The van der Waals surface area contributed by atoms with Gasteiger partial charge in [0.1, 0.15) is 0 Å². The Labute approximate surface area is 97.5 Å². The van der Waals surface area contributed by atoms with Crippen LogP contribution in [0, 0.1) is 6.92 Å². The molecular formula is C11H11N3O3. The summed E-state index contributed by atoms with van der Waals surface area (Å²) in [6, 6.07) is 4.95. The molecule has 0 aromatic carbocycles. The molecule has 0 spiro atoms. The van der Waals surface area contributed by atoms with E-state index in [2.05, 4.69) is 14.8 Å². The topological polar surface area (TPSA) is 77.2 Å². The van der Waals surface area contributed by atoms with E-state index in [1.54, 1.807) is 16.8 Å². The Kier molecular flexibility index (Phi) is 2.78. The fraction of sp³-hybridized carbons (Fsp3) is 0.182. The fourth-order valence-electron chi connectivity index (χ4n) is 1.56. The number of rotatable bonds is 2. The molecule has 6 nitrogen and oxygen atoms in total. The van der Waals surface area contributed by atoms with Crippen molar-refractivity contribution < 1.29 is 14.6 Å².